The highest BCUT2D eigenvalue weighted by atomic mass is 16.5. The Hall–Kier alpha value is -2.08. The number of rotatable bonds is 5. The summed E-state index contributed by atoms with van der Waals surface area (Å²) >= 11 is 0. The Balaban J connectivity index is 1.55. The highest BCUT2D eigenvalue weighted by Gasteiger charge is 2.32. The van der Waals surface area contributed by atoms with Gasteiger partial charge in [-0.25, -0.2) is 0 Å². The molecule has 2 heterocycles. The predicted molar refractivity (Wildman–Crippen MR) is 97.9 cm³/mol. The van der Waals surface area contributed by atoms with Crippen LogP contribution >= 0.6 is 0 Å². The molecule has 2 fully saturated rings. The van der Waals surface area contributed by atoms with E-state index in [1.54, 1.807) is 7.11 Å². The summed E-state index contributed by atoms with van der Waals surface area (Å²) in [5, 5.41) is 0. The molecule has 0 aromatic heterocycles. The van der Waals surface area contributed by atoms with Crippen LogP contribution in [0.2, 0.25) is 0 Å². The van der Waals surface area contributed by atoms with Gasteiger partial charge in [0.15, 0.2) is 0 Å². The molecule has 0 spiro atoms. The number of hydrogen-bond donors (Lipinski definition) is 0. The van der Waals surface area contributed by atoms with Gasteiger partial charge < -0.3 is 14.4 Å². The van der Waals surface area contributed by atoms with Crippen molar-refractivity contribution >= 4 is 11.9 Å². The van der Waals surface area contributed by atoms with Crippen LogP contribution in [-0.2, 0) is 14.3 Å². The minimum absolute atomic E-state index is 0.0668. The molecule has 0 saturated carbocycles. The van der Waals surface area contributed by atoms with Gasteiger partial charge in [0.25, 0.3) is 0 Å². The van der Waals surface area contributed by atoms with Gasteiger partial charge in [0, 0.05) is 19.1 Å². The first-order valence-electron chi connectivity index (χ1n) is 9.36. The zero-order chi connectivity index (χ0) is 18.5. The van der Waals surface area contributed by atoms with Gasteiger partial charge in [0.1, 0.15) is 5.75 Å². The number of hydrogen-bond acceptors (Lipinski definition) is 5. The van der Waals surface area contributed by atoms with Crippen LogP contribution < -0.4 is 4.74 Å². The molecule has 0 unspecified atom stereocenters. The minimum Gasteiger partial charge on any atom is -0.497 e. The molecule has 2 aliphatic rings. The molecule has 2 saturated heterocycles. The Labute approximate surface area is 155 Å². The third-order valence-electron chi connectivity index (χ3n) is 5.58. The molecule has 1 aromatic carbocycles. The molecule has 1 amide bonds. The molecule has 1 atom stereocenters. The Morgan fingerprint density at radius 3 is 2.35 bits per heavy atom. The standard InChI is InChI=1S/C20H28N2O4/c1-25-17-7-5-15(6-8-17)18-4-3-11-22(18)14-19(23)21-12-9-16(10-13-21)20(24)26-2/h5-8,16,18H,3-4,9-14H2,1-2H3/t18-/m0/s1. The van der Waals surface area contributed by atoms with Gasteiger partial charge in [-0.3, -0.25) is 14.5 Å². The topological polar surface area (TPSA) is 59.1 Å². The van der Waals surface area contributed by atoms with Crippen molar-refractivity contribution in [1.82, 2.24) is 9.80 Å². The third kappa shape index (κ3) is 4.18. The first-order valence-corrected chi connectivity index (χ1v) is 9.36. The quantitative estimate of drug-likeness (QED) is 0.754. The van der Waals surface area contributed by atoms with E-state index >= 15 is 0 Å². The average Bonchev–Trinajstić information content (AvgIpc) is 3.15. The maximum Gasteiger partial charge on any atom is 0.308 e. The van der Waals surface area contributed by atoms with E-state index in [-0.39, 0.29) is 23.8 Å². The number of nitrogens with zero attached hydrogens (tertiary/aromatic N) is 2. The highest BCUT2D eigenvalue weighted by molar-refractivity contribution is 5.79. The molecule has 1 aromatic rings. The number of amides is 1. The van der Waals surface area contributed by atoms with Crippen LogP contribution in [0.5, 0.6) is 5.75 Å². The summed E-state index contributed by atoms with van der Waals surface area (Å²) in [6, 6.07) is 8.43. The van der Waals surface area contributed by atoms with Crippen molar-refractivity contribution in [3.8, 4) is 5.75 Å². The summed E-state index contributed by atoms with van der Waals surface area (Å²) in [5.41, 5.74) is 1.24. The van der Waals surface area contributed by atoms with E-state index in [0.29, 0.717) is 32.5 Å². The highest BCUT2D eigenvalue weighted by Crippen LogP contribution is 2.32. The van der Waals surface area contributed by atoms with Crippen LogP contribution in [0.15, 0.2) is 24.3 Å². The second-order valence-electron chi connectivity index (χ2n) is 7.08. The van der Waals surface area contributed by atoms with Gasteiger partial charge in [-0.15, -0.1) is 0 Å². The second-order valence-corrected chi connectivity index (χ2v) is 7.08. The van der Waals surface area contributed by atoms with Gasteiger partial charge in [-0.05, 0) is 49.9 Å². The monoisotopic (exact) mass is 360 g/mol. The van der Waals surface area contributed by atoms with Crippen LogP contribution in [0.4, 0.5) is 0 Å². The van der Waals surface area contributed by atoms with Gasteiger partial charge in [-0.2, -0.15) is 0 Å². The minimum atomic E-state index is -0.156. The van der Waals surface area contributed by atoms with E-state index in [4.69, 9.17) is 9.47 Å². The summed E-state index contributed by atoms with van der Waals surface area (Å²) in [6.45, 7) is 2.67. The number of methoxy groups -OCH3 is 2. The van der Waals surface area contributed by atoms with Crippen molar-refractivity contribution in [1.29, 1.82) is 0 Å². The van der Waals surface area contributed by atoms with Gasteiger partial charge in [0.05, 0.1) is 26.7 Å². The lowest BCUT2D eigenvalue weighted by atomic mass is 9.97. The third-order valence-corrected chi connectivity index (χ3v) is 5.58. The van der Waals surface area contributed by atoms with Gasteiger partial charge in [0.2, 0.25) is 5.91 Å². The lowest BCUT2D eigenvalue weighted by molar-refractivity contribution is -0.149. The van der Waals surface area contributed by atoms with Crippen LogP contribution in [-0.4, -0.2) is 62.1 Å². The van der Waals surface area contributed by atoms with E-state index in [1.165, 1.54) is 12.7 Å². The fourth-order valence-electron chi connectivity index (χ4n) is 4.02. The second kappa shape index (κ2) is 8.54. The first-order chi connectivity index (χ1) is 12.6. The molecule has 0 aliphatic carbocycles. The number of esters is 1. The lowest BCUT2D eigenvalue weighted by Gasteiger charge is -2.33. The Morgan fingerprint density at radius 1 is 1.04 bits per heavy atom. The Morgan fingerprint density at radius 2 is 1.73 bits per heavy atom. The molecule has 26 heavy (non-hydrogen) atoms. The summed E-state index contributed by atoms with van der Waals surface area (Å²) < 4.78 is 10.0. The molecular weight excluding hydrogens is 332 g/mol. The van der Waals surface area contributed by atoms with Crippen molar-refractivity contribution in [3.05, 3.63) is 29.8 Å². The number of benzene rings is 1. The molecular formula is C20H28N2O4. The van der Waals surface area contributed by atoms with Crippen LogP contribution in [0.25, 0.3) is 0 Å². The average molecular weight is 360 g/mol. The maximum absolute atomic E-state index is 12.7. The summed E-state index contributed by atoms with van der Waals surface area (Å²) in [7, 11) is 3.09. The van der Waals surface area contributed by atoms with E-state index in [9.17, 15) is 9.59 Å². The normalized spacial score (nSPS) is 21.6. The van der Waals surface area contributed by atoms with Crippen molar-refractivity contribution in [2.24, 2.45) is 5.92 Å². The fourth-order valence-corrected chi connectivity index (χ4v) is 4.02. The van der Waals surface area contributed by atoms with E-state index < -0.39 is 0 Å². The van der Waals surface area contributed by atoms with Crippen LogP contribution in [0.1, 0.15) is 37.3 Å². The number of likely N-dealkylation sites (tertiary alicyclic amines) is 2. The first kappa shape index (κ1) is 18.7. The predicted octanol–water partition coefficient (Wildman–Crippen LogP) is 2.24. The fraction of sp³-hybridized carbons (Fsp3) is 0.600. The molecule has 2 aliphatic heterocycles. The van der Waals surface area contributed by atoms with E-state index in [0.717, 1.165) is 25.1 Å². The van der Waals surface area contributed by atoms with Crippen LogP contribution in [0.3, 0.4) is 0 Å². The van der Waals surface area contributed by atoms with Gasteiger partial charge in [-0.1, -0.05) is 12.1 Å². The van der Waals surface area contributed by atoms with Crippen molar-refractivity contribution < 1.29 is 19.1 Å². The SMILES string of the molecule is COC(=O)C1CCN(C(=O)CN2CCC[C@H]2c2ccc(OC)cc2)CC1. The zero-order valence-corrected chi connectivity index (χ0v) is 15.6. The maximum atomic E-state index is 12.7. The Bertz CT molecular complexity index is 623. The molecule has 6 nitrogen and oxygen atoms in total. The number of carbonyl (C=O) groups is 2. The molecule has 142 valence electrons. The van der Waals surface area contributed by atoms with Crippen molar-refractivity contribution in [2.75, 3.05) is 40.4 Å². The number of ether oxygens (including phenoxy) is 2. The Kier molecular flexibility index (Phi) is 6.14. The van der Waals surface area contributed by atoms with Gasteiger partial charge >= 0.3 is 5.97 Å². The molecule has 0 N–H and O–H groups in total. The summed E-state index contributed by atoms with van der Waals surface area (Å²) in [5.74, 6) is 0.788. The molecule has 0 radical (unpaired) electrons. The summed E-state index contributed by atoms with van der Waals surface area (Å²) in [4.78, 5) is 28.5. The molecule has 3 rings (SSSR count). The van der Waals surface area contributed by atoms with Crippen molar-refractivity contribution in [2.45, 2.75) is 31.7 Å². The number of piperidine rings is 1. The number of carbonyl (C=O) groups excluding carboxylic acids is 2. The largest absolute Gasteiger partial charge is 0.497 e. The van der Waals surface area contributed by atoms with Crippen molar-refractivity contribution in [3.63, 3.8) is 0 Å². The molecule has 0 bridgehead atoms. The van der Waals surface area contributed by atoms with E-state index in [2.05, 4.69) is 17.0 Å². The van der Waals surface area contributed by atoms with Crippen LogP contribution in [0, 0.1) is 5.92 Å². The molecule has 6 heteroatoms. The zero-order valence-electron chi connectivity index (χ0n) is 15.6. The smallest absolute Gasteiger partial charge is 0.308 e. The van der Waals surface area contributed by atoms with E-state index in [1.807, 2.05) is 17.0 Å². The summed E-state index contributed by atoms with van der Waals surface area (Å²) in [6.07, 6.45) is 3.57. The lowest BCUT2D eigenvalue weighted by Crippen LogP contribution is -2.45.